The first kappa shape index (κ1) is 22.2. The van der Waals surface area contributed by atoms with E-state index in [0.29, 0.717) is 18.9 Å². The molecule has 1 aliphatic carbocycles. The maximum absolute atomic E-state index is 13.3. The molecule has 0 aromatic heterocycles. The summed E-state index contributed by atoms with van der Waals surface area (Å²) in [4.78, 5) is 11.9. The van der Waals surface area contributed by atoms with Crippen molar-refractivity contribution in [3.05, 3.63) is 29.0 Å². The van der Waals surface area contributed by atoms with Crippen molar-refractivity contribution in [1.82, 2.24) is 10.6 Å². The van der Waals surface area contributed by atoms with Crippen molar-refractivity contribution in [2.75, 3.05) is 20.2 Å². The lowest BCUT2D eigenvalue weighted by molar-refractivity contribution is -0.123. The molecule has 0 aliphatic heterocycles. The van der Waals surface area contributed by atoms with E-state index in [1.54, 1.807) is 0 Å². The lowest BCUT2D eigenvalue weighted by atomic mass is 9.76. The molecule has 2 unspecified atom stereocenters. The fraction of sp³-hybridized carbons (Fsp3) is 0.611. The van der Waals surface area contributed by atoms with Crippen molar-refractivity contribution in [3.8, 4) is 5.75 Å². The highest BCUT2D eigenvalue weighted by molar-refractivity contribution is 7.88. The molecule has 2 atom stereocenters. The van der Waals surface area contributed by atoms with Gasteiger partial charge in [-0.15, -0.1) is 0 Å². The van der Waals surface area contributed by atoms with Crippen LogP contribution in [-0.2, 0) is 8.98 Å². The van der Waals surface area contributed by atoms with Crippen LogP contribution in [0.3, 0.4) is 0 Å². The highest BCUT2D eigenvalue weighted by Gasteiger charge is 2.40. The van der Waals surface area contributed by atoms with E-state index >= 15 is 0 Å². The molecular formula is C18H26ClFN2O4S. The van der Waals surface area contributed by atoms with Crippen LogP contribution >= 0.6 is 23.9 Å². The van der Waals surface area contributed by atoms with Crippen LogP contribution in [0.25, 0.3) is 0 Å². The third-order valence-electron chi connectivity index (χ3n) is 5.00. The van der Waals surface area contributed by atoms with Gasteiger partial charge in [-0.3, -0.25) is 8.98 Å². The third kappa shape index (κ3) is 6.50. The van der Waals surface area contributed by atoms with Crippen LogP contribution in [-0.4, -0.2) is 42.3 Å². The Labute approximate surface area is 168 Å². The number of carbonyl (C=O) groups excluding carboxylic acids is 1. The zero-order valence-electron chi connectivity index (χ0n) is 15.3. The van der Waals surface area contributed by atoms with Crippen LogP contribution in [0, 0.1) is 5.82 Å². The van der Waals surface area contributed by atoms with Gasteiger partial charge in [0.1, 0.15) is 11.6 Å². The van der Waals surface area contributed by atoms with Crippen molar-refractivity contribution < 1.29 is 22.7 Å². The predicted octanol–water partition coefficient (Wildman–Crippen LogP) is 3.79. The minimum atomic E-state index is -0.586. The van der Waals surface area contributed by atoms with Gasteiger partial charge in [-0.1, -0.05) is 24.4 Å². The maximum Gasteiger partial charge on any atom is 0.257 e. The zero-order valence-corrected chi connectivity index (χ0v) is 16.9. The Morgan fingerprint density at radius 2 is 2.30 bits per heavy atom. The number of ether oxygens (including phenoxy) is 1. The van der Waals surface area contributed by atoms with E-state index in [2.05, 4.69) is 10.6 Å². The second kappa shape index (κ2) is 11.1. The molecule has 1 fully saturated rings. The molecule has 0 spiro atoms. The summed E-state index contributed by atoms with van der Waals surface area (Å²) in [6.07, 6.45) is 5.56. The summed E-state index contributed by atoms with van der Waals surface area (Å²) in [5.74, 6) is -0.603. The van der Waals surface area contributed by atoms with Crippen molar-refractivity contribution in [1.29, 1.82) is 0 Å². The number of hydrogen-bond acceptors (Lipinski definition) is 6. The first-order valence-corrected chi connectivity index (χ1v) is 10.1. The topological polar surface area (TPSA) is 79.8 Å². The van der Waals surface area contributed by atoms with Crippen LogP contribution in [0.5, 0.6) is 5.75 Å². The van der Waals surface area contributed by atoms with Crippen LogP contribution in [0.15, 0.2) is 18.2 Å². The molecule has 1 aromatic carbocycles. The van der Waals surface area contributed by atoms with Gasteiger partial charge in [-0.25, -0.2) is 4.39 Å². The Morgan fingerprint density at radius 1 is 1.48 bits per heavy atom. The first-order chi connectivity index (χ1) is 13.0. The average molecular weight is 421 g/mol. The number of likely N-dealkylation sites (N-methyl/N-ethyl adjacent to an activating group) is 1. The maximum atomic E-state index is 13.3. The van der Waals surface area contributed by atoms with Crippen molar-refractivity contribution in [2.24, 2.45) is 0 Å². The minimum Gasteiger partial charge on any atom is -0.484 e. The molecule has 0 heterocycles. The predicted molar refractivity (Wildman–Crippen MR) is 105 cm³/mol. The highest BCUT2D eigenvalue weighted by Crippen LogP contribution is 2.35. The second-order valence-electron chi connectivity index (χ2n) is 6.63. The smallest absolute Gasteiger partial charge is 0.257 e. The van der Waals surface area contributed by atoms with E-state index in [1.165, 1.54) is 12.1 Å². The number of benzene rings is 1. The van der Waals surface area contributed by atoms with Gasteiger partial charge in [-0.2, -0.15) is 0 Å². The number of nitrogens with one attached hydrogen (secondary N) is 2. The van der Waals surface area contributed by atoms with Gasteiger partial charge in [-0.05, 0) is 44.9 Å². The van der Waals surface area contributed by atoms with Gasteiger partial charge in [0.15, 0.2) is 18.9 Å². The van der Waals surface area contributed by atoms with Crippen LogP contribution < -0.4 is 15.4 Å². The number of amides is 1. The van der Waals surface area contributed by atoms with E-state index < -0.39 is 5.82 Å². The Hall–Kier alpha value is -1.06. The number of halogens is 2. The van der Waals surface area contributed by atoms with E-state index in [0.717, 1.165) is 44.6 Å². The standard InChI is InChI=1S/C18H26ClFN2O4S/c1-21-18(8-3-2-5-16(18)26-27-24)9-4-10-22-17(23)12-25-13-6-7-14(19)15(20)11-13/h6-7,11,16,21,24H,2-5,8-10,12H2,1H3,(H,22,23). The quantitative estimate of drug-likeness (QED) is 0.394. The fourth-order valence-corrected chi connectivity index (χ4v) is 4.00. The number of hydrogen-bond donors (Lipinski definition) is 3. The molecule has 2 rings (SSSR count). The normalized spacial score (nSPS) is 22.4. The van der Waals surface area contributed by atoms with Crippen LogP contribution in [0.2, 0.25) is 5.02 Å². The van der Waals surface area contributed by atoms with E-state index in [4.69, 9.17) is 25.1 Å². The largest absolute Gasteiger partial charge is 0.484 e. The summed E-state index contributed by atoms with van der Waals surface area (Å²) >= 11 is 6.02. The van der Waals surface area contributed by atoms with Gasteiger partial charge in [0.25, 0.3) is 5.91 Å². The first-order valence-electron chi connectivity index (χ1n) is 9.01. The third-order valence-corrected chi connectivity index (χ3v) is 5.62. The molecule has 0 radical (unpaired) electrons. The number of rotatable bonds is 10. The summed E-state index contributed by atoms with van der Waals surface area (Å²) < 4.78 is 33.1. The molecule has 1 saturated carbocycles. The average Bonchev–Trinajstić information content (AvgIpc) is 2.67. The summed E-state index contributed by atoms with van der Waals surface area (Å²) in [5.41, 5.74) is -0.198. The van der Waals surface area contributed by atoms with Gasteiger partial charge >= 0.3 is 0 Å². The van der Waals surface area contributed by atoms with Crippen LogP contribution in [0.4, 0.5) is 4.39 Å². The molecule has 1 aromatic rings. The van der Waals surface area contributed by atoms with Gasteiger partial charge < -0.3 is 19.9 Å². The second-order valence-corrected chi connectivity index (χ2v) is 7.38. The molecule has 0 bridgehead atoms. The van der Waals surface area contributed by atoms with Gasteiger partial charge in [0.05, 0.1) is 11.1 Å². The molecule has 9 heteroatoms. The Kier molecular flexibility index (Phi) is 9.11. The van der Waals surface area contributed by atoms with Crippen molar-refractivity contribution in [2.45, 2.75) is 50.2 Å². The molecule has 1 aliphatic rings. The summed E-state index contributed by atoms with van der Waals surface area (Å²) in [7, 11) is 1.90. The monoisotopic (exact) mass is 420 g/mol. The molecule has 3 N–H and O–H groups in total. The Morgan fingerprint density at radius 3 is 3.00 bits per heavy atom. The lowest BCUT2D eigenvalue weighted by Crippen LogP contribution is -2.55. The van der Waals surface area contributed by atoms with E-state index in [-0.39, 0.29) is 34.9 Å². The van der Waals surface area contributed by atoms with Gasteiger partial charge in [0, 0.05) is 18.2 Å². The number of carbonyl (C=O) groups is 1. The van der Waals surface area contributed by atoms with Crippen molar-refractivity contribution >= 4 is 29.8 Å². The molecule has 1 amide bonds. The SMILES string of the molecule is CNC1(CCCNC(=O)COc2ccc(Cl)c(F)c2)CCCCC1OSO. The van der Waals surface area contributed by atoms with E-state index in [9.17, 15) is 9.18 Å². The van der Waals surface area contributed by atoms with Gasteiger partial charge in [0.2, 0.25) is 0 Å². The summed E-state index contributed by atoms with van der Waals surface area (Å²) in [6, 6.07) is 4.04. The summed E-state index contributed by atoms with van der Waals surface area (Å²) in [5, 5.41) is 6.17. The minimum absolute atomic E-state index is 0.00913. The highest BCUT2D eigenvalue weighted by atomic mass is 35.5. The molecule has 27 heavy (non-hydrogen) atoms. The van der Waals surface area contributed by atoms with Crippen LogP contribution in [0.1, 0.15) is 38.5 Å². The lowest BCUT2D eigenvalue weighted by Gasteiger charge is -2.43. The molecule has 6 nitrogen and oxygen atoms in total. The molecular weight excluding hydrogens is 395 g/mol. The Balaban J connectivity index is 1.72. The molecule has 152 valence electrons. The van der Waals surface area contributed by atoms with E-state index in [1.807, 2.05) is 7.05 Å². The molecule has 0 saturated heterocycles. The Bertz CT molecular complexity index is 623. The zero-order chi connectivity index (χ0) is 19.7. The fourth-order valence-electron chi connectivity index (χ4n) is 3.49. The van der Waals surface area contributed by atoms with Crippen molar-refractivity contribution in [3.63, 3.8) is 0 Å². The summed E-state index contributed by atoms with van der Waals surface area (Å²) in [6.45, 7) is 0.310.